The summed E-state index contributed by atoms with van der Waals surface area (Å²) < 4.78 is 4.79. The van der Waals surface area contributed by atoms with Gasteiger partial charge in [-0.25, -0.2) is 4.79 Å². The van der Waals surface area contributed by atoms with Crippen LogP contribution in [-0.2, 0) is 4.74 Å². The highest BCUT2D eigenvalue weighted by molar-refractivity contribution is 5.83. The van der Waals surface area contributed by atoms with Gasteiger partial charge in [-0.05, 0) is 38.1 Å². The molecule has 0 spiro atoms. The van der Waals surface area contributed by atoms with Crippen molar-refractivity contribution in [2.24, 2.45) is 0 Å². The predicted molar refractivity (Wildman–Crippen MR) is 81.8 cm³/mol. The molecule has 1 N–H and O–H groups in total. The SMILES string of the molecule is CCOC(=O)Nc1ccc(N(CC)c2ccccc2)nn1. The summed E-state index contributed by atoms with van der Waals surface area (Å²) in [4.78, 5) is 13.3. The van der Waals surface area contributed by atoms with E-state index >= 15 is 0 Å². The number of carbonyl (C=O) groups excluding carboxylic acids is 1. The first-order chi connectivity index (χ1) is 10.2. The van der Waals surface area contributed by atoms with Crippen LogP contribution in [0, 0.1) is 0 Å². The third kappa shape index (κ3) is 3.92. The first-order valence-electron chi connectivity index (χ1n) is 6.84. The van der Waals surface area contributed by atoms with E-state index in [0.29, 0.717) is 12.4 Å². The number of para-hydroxylation sites is 1. The van der Waals surface area contributed by atoms with Crippen LogP contribution in [0.25, 0.3) is 0 Å². The van der Waals surface area contributed by atoms with Gasteiger partial charge in [-0.1, -0.05) is 18.2 Å². The van der Waals surface area contributed by atoms with Crippen molar-refractivity contribution in [2.75, 3.05) is 23.4 Å². The molecule has 0 atom stereocenters. The summed E-state index contributed by atoms with van der Waals surface area (Å²) in [7, 11) is 0. The number of nitrogens with one attached hydrogen (secondary N) is 1. The summed E-state index contributed by atoms with van der Waals surface area (Å²) in [6.07, 6.45) is -0.532. The van der Waals surface area contributed by atoms with Crippen LogP contribution in [-0.4, -0.2) is 29.4 Å². The number of hydrogen-bond acceptors (Lipinski definition) is 5. The van der Waals surface area contributed by atoms with E-state index in [0.717, 1.165) is 18.1 Å². The molecule has 0 radical (unpaired) electrons. The maximum Gasteiger partial charge on any atom is 0.412 e. The fraction of sp³-hybridized carbons (Fsp3) is 0.267. The number of benzene rings is 1. The van der Waals surface area contributed by atoms with E-state index in [2.05, 4.69) is 15.5 Å². The third-order valence-corrected chi connectivity index (χ3v) is 2.82. The normalized spacial score (nSPS) is 10.0. The van der Waals surface area contributed by atoms with Crippen molar-refractivity contribution in [1.82, 2.24) is 10.2 Å². The van der Waals surface area contributed by atoms with Gasteiger partial charge in [0.15, 0.2) is 11.6 Å². The van der Waals surface area contributed by atoms with Gasteiger partial charge in [0.25, 0.3) is 0 Å². The van der Waals surface area contributed by atoms with Gasteiger partial charge in [-0.15, -0.1) is 10.2 Å². The van der Waals surface area contributed by atoms with Crippen LogP contribution in [0.1, 0.15) is 13.8 Å². The first kappa shape index (κ1) is 14.8. The molecular formula is C15H18N4O2. The maximum absolute atomic E-state index is 11.3. The largest absolute Gasteiger partial charge is 0.450 e. The summed E-state index contributed by atoms with van der Waals surface area (Å²) in [6.45, 7) is 4.87. The molecule has 0 aliphatic heterocycles. The Kier molecular flexibility index (Phi) is 5.09. The zero-order valence-corrected chi connectivity index (χ0v) is 12.1. The molecular weight excluding hydrogens is 268 g/mol. The molecule has 0 bridgehead atoms. The highest BCUT2D eigenvalue weighted by Gasteiger charge is 2.10. The number of hydrogen-bond donors (Lipinski definition) is 1. The average Bonchev–Trinajstić information content (AvgIpc) is 2.51. The second kappa shape index (κ2) is 7.23. The van der Waals surface area contributed by atoms with Crippen molar-refractivity contribution in [3.8, 4) is 0 Å². The monoisotopic (exact) mass is 286 g/mol. The van der Waals surface area contributed by atoms with Crippen molar-refractivity contribution >= 4 is 23.4 Å². The summed E-state index contributed by atoms with van der Waals surface area (Å²) in [6, 6.07) is 13.4. The Hall–Kier alpha value is -2.63. The molecule has 0 fully saturated rings. The number of nitrogens with zero attached hydrogens (tertiary/aromatic N) is 3. The lowest BCUT2D eigenvalue weighted by atomic mass is 10.3. The highest BCUT2D eigenvalue weighted by Crippen LogP contribution is 2.22. The molecule has 2 aromatic rings. The predicted octanol–water partition coefficient (Wildman–Crippen LogP) is 3.20. The lowest BCUT2D eigenvalue weighted by Gasteiger charge is -2.21. The third-order valence-electron chi connectivity index (χ3n) is 2.82. The average molecular weight is 286 g/mol. The summed E-state index contributed by atoms with van der Waals surface area (Å²) in [5.41, 5.74) is 1.04. The standard InChI is InChI=1S/C15H18N4O2/c1-3-19(12-8-6-5-7-9-12)14-11-10-13(17-18-14)16-15(20)21-4-2/h5-11H,3-4H2,1-2H3,(H,16,17,20). The molecule has 6 nitrogen and oxygen atoms in total. The molecule has 1 aromatic heterocycles. The van der Waals surface area contributed by atoms with E-state index in [1.54, 1.807) is 13.0 Å². The zero-order chi connectivity index (χ0) is 15.1. The van der Waals surface area contributed by atoms with E-state index in [9.17, 15) is 4.79 Å². The Morgan fingerprint density at radius 2 is 1.90 bits per heavy atom. The number of carbonyl (C=O) groups is 1. The van der Waals surface area contributed by atoms with Crippen LogP contribution in [0.5, 0.6) is 0 Å². The van der Waals surface area contributed by atoms with Crippen molar-refractivity contribution in [2.45, 2.75) is 13.8 Å². The minimum atomic E-state index is -0.532. The van der Waals surface area contributed by atoms with Gasteiger partial charge in [-0.3, -0.25) is 5.32 Å². The molecule has 1 aromatic carbocycles. The van der Waals surface area contributed by atoms with Crippen LogP contribution in [0.2, 0.25) is 0 Å². The Labute approximate surface area is 123 Å². The van der Waals surface area contributed by atoms with Crippen molar-refractivity contribution < 1.29 is 9.53 Å². The van der Waals surface area contributed by atoms with Crippen LogP contribution in [0.4, 0.5) is 22.1 Å². The van der Waals surface area contributed by atoms with Gasteiger partial charge in [0.1, 0.15) is 0 Å². The Balaban J connectivity index is 2.12. The van der Waals surface area contributed by atoms with E-state index in [1.807, 2.05) is 48.2 Å². The van der Waals surface area contributed by atoms with Gasteiger partial charge in [0.05, 0.1) is 6.61 Å². The van der Waals surface area contributed by atoms with Gasteiger partial charge < -0.3 is 9.64 Å². The number of amides is 1. The Morgan fingerprint density at radius 3 is 2.48 bits per heavy atom. The lowest BCUT2D eigenvalue weighted by molar-refractivity contribution is 0.168. The molecule has 0 saturated heterocycles. The Bertz CT molecular complexity index is 572. The molecule has 6 heteroatoms. The zero-order valence-electron chi connectivity index (χ0n) is 12.1. The van der Waals surface area contributed by atoms with Crippen LogP contribution >= 0.6 is 0 Å². The van der Waals surface area contributed by atoms with Crippen molar-refractivity contribution in [1.29, 1.82) is 0 Å². The molecule has 0 saturated carbocycles. The topological polar surface area (TPSA) is 67.3 Å². The minimum absolute atomic E-state index is 0.314. The lowest BCUT2D eigenvalue weighted by Crippen LogP contribution is -2.19. The van der Waals surface area contributed by atoms with E-state index in [1.165, 1.54) is 0 Å². The molecule has 2 rings (SSSR count). The van der Waals surface area contributed by atoms with Crippen molar-refractivity contribution in [3.63, 3.8) is 0 Å². The molecule has 1 amide bonds. The summed E-state index contributed by atoms with van der Waals surface area (Å²) >= 11 is 0. The smallest absolute Gasteiger partial charge is 0.412 e. The number of ether oxygens (including phenoxy) is 1. The number of aromatic nitrogens is 2. The fourth-order valence-corrected chi connectivity index (χ4v) is 1.89. The summed E-state index contributed by atoms with van der Waals surface area (Å²) in [5.74, 6) is 1.08. The quantitative estimate of drug-likeness (QED) is 0.914. The molecule has 0 aliphatic rings. The van der Waals surface area contributed by atoms with E-state index in [4.69, 9.17) is 4.74 Å². The number of rotatable bonds is 5. The minimum Gasteiger partial charge on any atom is -0.450 e. The summed E-state index contributed by atoms with van der Waals surface area (Å²) in [5, 5.41) is 10.7. The molecule has 110 valence electrons. The van der Waals surface area contributed by atoms with Gasteiger partial charge in [-0.2, -0.15) is 0 Å². The van der Waals surface area contributed by atoms with E-state index in [-0.39, 0.29) is 0 Å². The first-order valence-corrected chi connectivity index (χ1v) is 6.84. The molecule has 1 heterocycles. The maximum atomic E-state index is 11.3. The fourth-order valence-electron chi connectivity index (χ4n) is 1.89. The second-order valence-electron chi connectivity index (χ2n) is 4.20. The van der Waals surface area contributed by atoms with Crippen LogP contribution < -0.4 is 10.2 Å². The van der Waals surface area contributed by atoms with Gasteiger partial charge >= 0.3 is 6.09 Å². The molecule has 0 unspecified atom stereocenters. The van der Waals surface area contributed by atoms with Crippen LogP contribution in [0.3, 0.4) is 0 Å². The molecule has 21 heavy (non-hydrogen) atoms. The van der Waals surface area contributed by atoms with E-state index < -0.39 is 6.09 Å². The highest BCUT2D eigenvalue weighted by atomic mass is 16.5. The Morgan fingerprint density at radius 1 is 1.14 bits per heavy atom. The second-order valence-corrected chi connectivity index (χ2v) is 4.20. The van der Waals surface area contributed by atoms with Gasteiger partial charge in [0.2, 0.25) is 0 Å². The van der Waals surface area contributed by atoms with Crippen molar-refractivity contribution in [3.05, 3.63) is 42.5 Å². The van der Waals surface area contributed by atoms with Crippen LogP contribution in [0.15, 0.2) is 42.5 Å². The van der Waals surface area contributed by atoms with Gasteiger partial charge in [0, 0.05) is 12.2 Å². The number of anilines is 3. The molecule has 0 aliphatic carbocycles.